The minimum atomic E-state index is -0.562. The molecule has 176 valence electrons. The number of rotatable bonds is 6. The van der Waals surface area contributed by atoms with E-state index in [1.54, 1.807) is 10.9 Å². The molecule has 5 rings (SSSR count). The fourth-order valence-corrected chi connectivity index (χ4v) is 4.36. The van der Waals surface area contributed by atoms with Crippen molar-refractivity contribution in [2.75, 3.05) is 11.1 Å². The van der Waals surface area contributed by atoms with Crippen molar-refractivity contribution in [1.82, 2.24) is 19.7 Å². The fraction of sp³-hybridized carbons (Fsp3) is 0.179. The van der Waals surface area contributed by atoms with Crippen LogP contribution in [0.1, 0.15) is 35.5 Å². The maximum Gasteiger partial charge on any atom is 0.181 e. The first-order chi connectivity index (χ1) is 16.9. The zero-order chi connectivity index (χ0) is 24.5. The van der Waals surface area contributed by atoms with Crippen LogP contribution in [0.25, 0.3) is 22.2 Å². The van der Waals surface area contributed by atoms with Gasteiger partial charge in [0.05, 0.1) is 0 Å². The van der Waals surface area contributed by atoms with Crippen LogP contribution >= 0.6 is 0 Å². The number of fused-ring (bicyclic) bond motifs is 1. The van der Waals surface area contributed by atoms with Gasteiger partial charge in [0, 0.05) is 35.4 Å². The number of pyridine rings is 1. The summed E-state index contributed by atoms with van der Waals surface area (Å²) in [6.45, 7) is 4.08. The van der Waals surface area contributed by atoms with E-state index in [0.29, 0.717) is 23.0 Å². The van der Waals surface area contributed by atoms with Gasteiger partial charge in [-0.05, 0) is 60.2 Å². The van der Waals surface area contributed by atoms with Crippen LogP contribution < -0.4 is 11.1 Å². The molecule has 0 aliphatic rings. The predicted molar refractivity (Wildman–Crippen MR) is 139 cm³/mol. The number of hydrogen-bond acceptors (Lipinski definition) is 5. The van der Waals surface area contributed by atoms with Gasteiger partial charge >= 0.3 is 0 Å². The van der Waals surface area contributed by atoms with Gasteiger partial charge in [-0.25, -0.2) is 14.4 Å². The predicted octanol–water partition coefficient (Wildman–Crippen LogP) is 5.82. The number of nitrogen functional groups attached to an aromatic ring is 1. The zero-order valence-corrected chi connectivity index (χ0v) is 20.0. The summed E-state index contributed by atoms with van der Waals surface area (Å²) >= 11 is 0. The molecule has 0 radical (unpaired) electrons. The number of nitrogens with one attached hydrogen (secondary N) is 1. The summed E-state index contributed by atoms with van der Waals surface area (Å²) in [7, 11) is 1.84. The molecule has 1 atom stereocenters. The summed E-state index contributed by atoms with van der Waals surface area (Å²) in [5.41, 5.74) is 10.4. The average molecular weight is 467 g/mol. The highest BCUT2D eigenvalue weighted by Gasteiger charge is 2.25. The van der Waals surface area contributed by atoms with Crippen LogP contribution in [0.2, 0.25) is 0 Å². The molecular weight excluding hydrogens is 439 g/mol. The Bertz CT molecular complexity index is 1520. The number of hydrogen-bond donors (Lipinski definition) is 2. The second-order valence-electron chi connectivity index (χ2n) is 8.65. The largest absolute Gasteiger partial charge is 0.383 e. The molecule has 0 spiro atoms. The van der Waals surface area contributed by atoms with Gasteiger partial charge in [-0.1, -0.05) is 43.3 Å². The van der Waals surface area contributed by atoms with Gasteiger partial charge in [0.15, 0.2) is 11.6 Å². The highest BCUT2D eigenvalue weighted by atomic mass is 19.1. The maximum absolute atomic E-state index is 15.3. The van der Waals surface area contributed by atoms with E-state index in [9.17, 15) is 0 Å². The van der Waals surface area contributed by atoms with E-state index in [0.717, 1.165) is 39.6 Å². The van der Waals surface area contributed by atoms with Crippen molar-refractivity contribution in [2.45, 2.75) is 26.3 Å². The molecule has 3 N–H and O–H groups in total. The van der Waals surface area contributed by atoms with Gasteiger partial charge in [0.1, 0.15) is 17.7 Å². The number of aromatic nitrogens is 4. The summed E-state index contributed by atoms with van der Waals surface area (Å²) in [5.74, 6) is 1.40. The van der Waals surface area contributed by atoms with Crippen molar-refractivity contribution < 1.29 is 4.39 Å². The third-order valence-corrected chi connectivity index (χ3v) is 6.33. The average Bonchev–Trinajstić information content (AvgIpc) is 3.24. The van der Waals surface area contributed by atoms with E-state index in [4.69, 9.17) is 10.7 Å². The Labute approximate surface area is 203 Å². The number of aryl methyl sites for hydroxylation is 3. The Morgan fingerprint density at radius 1 is 1.06 bits per heavy atom. The van der Waals surface area contributed by atoms with Gasteiger partial charge in [-0.15, -0.1) is 0 Å². The lowest BCUT2D eigenvalue weighted by Gasteiger charge is -2.21. The summed E-state index contributed by atoms with van der Waals surface area (Å²) in [4.78, 5) is 9.04. The van der Waals surface area contributed by atoms with Crippen molar-refractivity contribution in [1.29, 1.82) is 0 Å². The van der Waals surface area contributed by atoms with Crippen molar-refractivity contribution in [3.05, 3.63) is 101 Å². The fourth-order valence-electron chi connectivity index (χ4n) is 4.36. The molecule has 0 saturated heterocycles. The monoisotopic (exact) mass is 466 g/mol. The first kappa shape index (κ1) is 22.5. The Kier molecular flexibility index (Phi) is 5.91. The molecule has 7 heteroatoms. The lowest BCUT2D eigenvalue weighted by atomic mass is 10.0. The van der Waals surface area contributed by atoms with Crippen LogP contribution in [0.5, 0.6) is 0 Å². The topological polar surface area (TPSA) is 81.7 Å². The second kappa shape index (κ2) is 9.18. The van der Waals surface area contributed by atoms with E-state index < -0.39 is 6.04 Å². The number of nitrogens with zero attached hydrogens (tertiary/aromatic N) is 4. The highest BCUT2D eigenvalue weighted by Crippen LogP contribution is 2.32. The standard InChI is InChI=1S/C28H27FN6/c1-4-18-9-12-24(29)23(15-18)25(32-20-10-11-22-19(16-20)13-14-31-26(22)30)28-33-27(34-35(28)3)21-8-6-5-7-17(21)2/h5-16,25,32H,4H2,1-3H3,(H2,30,31). The lowest BCUT2D eigenvalue weighted by molar-refractivity contribution is 0.590. The number of benzene rings is 3. The van der Waals surface area contributed by atoms with E-state index >= 15 is 4.39 Å². The van der Waals surface area contributed by atoms with Crippen molar-refractivity contribution >= 4 is 22.3 Å². The molecule has 6 nitrogen and oxygen atoms in total. The molecule has 2 aromatic heterocycles. The molecule has 0 aliphatic heterocycles. The van der Waals surface area contributed by atoms with E-state index in [1.807, 2.05) is 74.6 Å². The van der Waals surface area contributed by atoms with Gasteiger partial charge in [-0.3, -0.25) is 4.68 Å². The molecule has 1 unspecified atom stereocenters. The Hall–Kier alpha value is -4.26. The number of nitrogens with two attached hydrogens (primary N) is 1. The van der Waals surface area contributed by atoms with Gasteiger partial charge in [0.2, 0.25) is 0 Å². The molecule has 35 heavy (non-hydrogen) atoms. The quantitative estimate of drug-likeness (QED) is 0.329. The third kappa shape index (κ3) is 4.33. The highest BCUT2D eigenvalue weighted by molar-refractivity contribution is 5.92. The van der Waals surface area contributed by atoms with E-state index in [-0.39, 0.29) is 5.82 Å². The molecule has 0 amide bonds. The summed E-state index contributed by atoms with van der Waals surface area (Å²) in [5, 5.41) is 10.0. The molecule has 0 aliphatic carbocycles. The zero-order valence-electron chi connectivity index (χ0n) is 20.0. The maximum atomic E-state index is 15.3. The van der Waals surface area contributed by atoms with Crippen LogP contribution in [-0.2, 0) is 13.5 Å². The van der Waals surface area contributed by atoms with Crippen LogP contribution in [0, 0.1) is 12.7 Å². The van der Waals surface area contributed by atoms with Crippen molar-refractivity contribution in [2.24, 2.45) is 7.05 Å². The molecule has 5 aromatic rings. The first-order valence-corrected chi connectivity index (χ1v) is 11.6. The minimum Gasteiger partial charge on any atom is -0.383 e. The molecule has 3 aromatic carbocycles. The van der Waals surface area contributed by atoms with Crippen LogP contribution in [0.15, 0.2) is 72.9 Å². The summed E-state index contributed by atoms with van der Waals surface area (Å²) < 4.78 is 17.0. The smallest absolute Gasteiger partial charge is 0.181 e. The van der Waals surface area contributed by atoms with Crippen LogP contribution in [0.4, 0.5) is 15.9 Å². The minimum absolute atomic E-state index is 0.297. The summed E-state index contributed by atoms with van der Waals surface area (Å²) in [6.07, 6.45) is 2.48. The Morgan fingerprint density at radius 2 is 1.89 bits per heavy atom. The Morgan fingerprint density at radius 3 is 2.69 bits per heavy atom. The second-order valence-corrected chi connectivity index (χ2v) is 8.65. The SMILES string of the molecule is CCc1ccc(F)c(C(Nc2ccc3c(N)nccc3c2)c2nc(-c3ccccc3C)nn2C)c1. The number of halogens is 1. The number of anilines is 2. The lowest BCUT2D eigenvalue weighted by Crippen LogP contribution is -2.19. The molecule has 0 bridgehead atoms. The van der Waals surface area contributed by atoms with Crippen molar-refractivity contribution in [3.63, 3.8) is 0 Å². The third-order valence-electron chi connectivity index (χ3n) is 6.33. The van der Waals surface area contributed by atoms with Gasteiger partial charge < -0.3 is 11.1 Å². The van der Waals surface area contributed by atoms with Crippen LogP contribution in [-0.4, -0.2) is 19.7 Å². The van der Waals surface area contributed by atoms with E-state index in [1.165, 1.54) is 6.07 Å². The normalized spacial score (nSPS) is 12.1. The van der Waals surface area contributed by atoms with Crippen molar-refractivity contribution in [3.8, 4) is 11.4 Å². The van der Waals surface area contributed by atoms with E-state index in [2.05, 4.69) is 22.3 Å². The van der Waals surface area contributed by atoms with Crippen LogP contribution in [0.3, 0.4) is 0 Å². The molecule has 0 saturated carbocycles. The Balaban J connectivity index is 1.64. The summed E-state index contributed by atoms with van der Waals surface area (Å²) in [6, 6.07) is 20.4. The first-order valence-electron chi connectivity index (χ1n) is 11.6. The molecule has 2 heterocycles. The molecule has 0 fully saturated rings. The molecular formula is C28H27FN6. The van der Waals surface area contributed by atoms with Gasteiger partial charge in [-0.2, -0.15) is 5.10 Å². The van der Waals surface area contributed by atoms with Gasteiger partial charge in [0.25, 0.3) is 0 Å².